The van der Waals surface area contributed by atoms with Crippen molar-refractivity contribution in [3.63, 3.8) is 0 Å². The quantitative estimate of drug-likeness (QED) is 0.625. The van der Waals surface area contributed by atoms with Gasteiger partial charge in [-0.15, -0.1) is 0 Å². The smallest absolute Gasteiger partial charge is 0.270 e. The maximum absolute atomic E-state index is 11.0. The number of hydrogen-bond acceptors (Lipinski definition) is 6. The minimum atomic E-state index is -0.427. The van der Waals surface area contributed by atoms with Crippen LogP contribution in [0.3, 0.4) is 0 Å². The highest BCUT2D eigenvalue weighted by Gasteiger charge is 2.35. The fourth-order valence-electron chi connectivity index (χ4n) is 3.43. The van der Waals surface area contributed by atoms with E-state index in [9.17, 15) is 15.2 Å². The number of rotatable bonds is 5. The van der Waals surface area contributed by atoms with Gasteiger partial charge in [0.2, 0.25) is 0 Å². The summed E-state index contributed by atoms with van der Waals surface area (Å²) in [4.78, 5) is 19.5. The molecule has 0 saturated heterocycles. The highest BCUT2D eigenvalue weighted by molar-refractivity contribution is 5.61. The van der Waals surface area contributed by atoms with Crippen molar-refractivity contribution in [2.75, 3.05) is 11.9 Å². The van der Waals surface area contributed by atoms with Crippen molar-refractivity contribution in [1.29, 1.82) is 0 Å². The zero-order valence-electron chi connectivity index (χ0n) is 15.1. The number of nitrogens with one attached hydrogen (secondary N) is 1. The molecule has 1 saturated carbocycles. The molecule has 0 radical (unpaired) electrons. The molecule has 1 aromatic carbocycles. The van der Waals surface area contributed by atoms with Crippen molar-refractivity contribution in [3.05, 3.63) is 46.1 Å². The van der Waals surface area contributed by atoms with Crippen LogP contribution in [0, 0.1) is 22.5 Å². The SMILES string of the molecule is Cc1cc(NCC2(C)CCCCC2O)nc(-c2cccc([N+](=O)[O-])c2)n1. The number of anilines is 1. The molecule has 2 aromatic rings. The van der Waals surface area contributed by atoms with E-state index in [0.717, 1.165) is 31.4 Å². The lowest BCUT2D eigenvalue weighted by Crippen LogP contribution is -2.41. The molecule has 138 valence electrons. The van der Waals surface area contributed by atoms with Gasteiger partial charge in [0.25, 0.3) is 5.69 Å². The molecule has 7 nitrogen and oxygen atoms in total. The Morgan fingerprint density at radius 2 is 2.15 bits per heavy atom. The van der Waals surface area contributed by atoms with E-state index < -0.39 is 4.92 Å². The van der Waals surface area contributed by atoms with Gasteiger partial charge >= 0.3 is 0 Å². The number of nitrogens with zero attached hydrogens (tertiary/aromatic N) is 3. The summed E-state index contributed by atoms with van der Waals surface area (Å²) in [6, 6.07) is 8.16. The van der Waals surface area contributed by atoms with E-state index in [-0.39, 0.29) is 17.2 Å². The van der Waals surface area contributed by atoms with Gasteiger partial charge in [-0.3, -0.25) is 10.1 Å². The van der Waals surface area contributed by atoms with Crippen LogP contribution in [0.2, 0.25) is 0 Å². The normalized spacial score (nSPS) is 22.8. The molecular formula is C19H24N4O3. The van der Waals surface area contributed by atoms with Gasteiger partial charge in [-0.25, -0.2) is 9.97 Å². The summed E-state index contributed by atoms with van der Waals surface area (Å²) in [5, 5.41) is 24.7. The average Bonchev–Trinajstić information content (AvgIpc) is 2.62. The van der Waals surface area contributed by atoms with Crippen LogP contribution >= 0.6 is 0 Å². The Morgan fingerprint density at radius 1 is 1.35 bits per heavy atom. The van der Waals surface area contributed by atoms with Gasteiger partial charge < -0.3 is 10.4 Å². The first-order chi connectivity index (χ1) is 12.4. The summed E-state index contributed by atoms with van der Waals surface area (Å²) in [6.07, 6.45) is 3.68. The van der Waals surface area contributed by atoms with E-state index in [0.29, 0.717) is 23.8 Å². The third-order valence-electron chi connectivity index (χ3n) is 5.12. The van der Waals surface area contributed by atoms with Gasteiger partial charge in [0, 0.05) is 41.4 Å². The Balaban J connectivity index is 1.82. The van der Waals surface area contributed by atoms with Gasteiger partial charge in [-0.05, 0) is 19.8 Å². The van der Waals surface area contributed by atoms with E-state index in [2.05, 4.69) is 22.2 Å². The third kappa shape index (κ3) is 3.99. The Labute approximate surface area is 152 Å². The first-order valence-corrected chi connectivity index (χ1v) is 8.90. The second kappa shape index (κ2) is 7.37. The van der Waals surface area contributed by atoms with Crippen LogP contribution in [0.1, 0.15) is 38.3 Å². The Bertz CT molecular complexity index is 811. The average molecular weight is 356 g/mol. The van der Waals surface area contributed by atoms with Crippen molar-refractivity contribution >= 4 is 11.5 Å². The van der Waals surface area contributed by atoms with Crippen LogP contribution in [-0.4, -0.2) is 32.6 Å². The molecule has 1 aliphatic carbocycles. The van der Waals surface area contributed by atoms with Crippen molar-refractivity contribution in [1.82, 2.24) is 9.97 Å². The van der Waals surface area contributed by atoms with Crippen molar-refractivity contribution < 1.29 is 10.0 Å². The molecule has 0 bridgehead atoms. The fraction of sp³-hybridized carbons (Fsp3) is 0.474. The standard InChI is InChI=1S/C19H24N4O3/c1-13-10-17(20-12-19(2)9-4-3-8-16(19)24)22-18(21-13)14-6-5-7-15(11-14)23(25)26/h5-7,10-11,16,24H,3-4,8-9,12H2,1-2H3,(H,20,21,22). The number of aromatic nitrogens is 2. The fourth-order valence-corrected chi connectivity index (χ4v) is 3.43. The first kappa shape index (κ1) is 18.3. The first-order valence-electron chi connectivity index (χ1n) is 8.90. The summed E-state index contributed by atoms with van der Waals surface area (Å²) in [7, 11) is 0. The van der Waals surface area contributed by atoms with E-state index in [1.807, 2.05) is 13.0 Å². The molecule has 0 spiro atoms. The molecular weight excluding hydrogens is 332 g/mol. The topological polar surface area (TPSA) is 101 Å². The summed E-state index contributed by atoms with van der Waals surface area (Å²) in [6.45, 7) is 4.59. The van der Waals surface area contributed by atoms with E-state index in [4.69, 9.17) is 0 Å². The predicted octanol–water partition coefficient (Wildman–Crippen LogP) is 3.71. The second-order valence-electron chi connectivity index (χ2n) is 7.29. The number of benzene rings is 1. The van der Waals surface area contributed by atoms with Gasteiger partial charge in [-0.2, -0.15) is 0 Å². The molecule has 1 fully saturated rings. The summed E-state index contributed by atoms with van der Waals surface area (Å²) < 4.78 is 0. The lowest BCUT2D eigenvalue weighted by molar-refractivity contribution is -0.384. The van der Waals surface area contributed by atoms with Gasteiger partial charge in [0.15, 0.2) is 5.82 Å². The van der Waals surface area contributed by atoms with E-state index in [1.165, 1.54) is 12.1 Å². The van der Waals surface area contributed by atoms with Crippen LogP contribution in [0.5, 0.6) is 0 Å². The lowest BCUT2D eigenvalue weighted by Gasteiger charge is -2.38. The largest absolute Gasteiger partial charge is 0.392 e. The maximum atomic E-state index is 11.0. The highest BCUT2D eigenvalue weighted by atomic mass is 16.6. The number of aliphatic hydroxyl groups is 1. The third-order valence-corrected chi connectivity index (χ3v) is 5.12. The van der Waals surface area contributed by atoms with Crippen LogP contribution in [0.4, 0.5) is 11.5 Å². The van der Waals surface area contributed by atoms with Crippen molar-refractivity contribution in [3.8, 4) is 11.4 Å². The van der Waals surface area contributed by atoms with Crippen molar-refractivity contribution in [2.45, 2.75) is 45.6 Å². The molecule has 2 unspecified atom stereocenters. The number of aryl methyl sites for hydroxylation is 1. The number of nitro benzene ring substituents is 1. The molecule has 1 aliphatic rings. The Kier molecular flexibility index (Phi) is 5.18. The Morgan fingerprint density at radius 3 is 2.88 bits per heavy atom. The van der Waals surface area contributed by atoms with E-state index in [1.54, 1.807) is 12.1 Å². The summed E-state index contributed by atoms with van der Waals surface area (Å²) in [5.74, 6) is 1.11. The van der Waals surface area contributed by atoms with Crippen LogP contribution in [0.25, 0.3) is 11.4 Å². The van der Waals surface area contributed by atoms with E-state index >= 15 is 0 Å². The number of hydrogen-bond donors (Lipinski definition) is 2. The van der Waals surface area contributed by atoms with Gasteiger partial charge in [0.05, 0.1) is 11.0 Å². The molecule has 26 heavy (non-hydrogen) atoms. The van der Waals surface area contributed by atoms with Gasteiger partial charge in [0.1, 0.15) is 5.82 Å². The van der Waals surface area contributed by atoms with Crippen LogP contribution < -0.4 is 5.32 Å². The minimum Gasteiger partial charge on any atom is -0.392 e. The van der Waals surface area contributed by atoms with Gasteiger partial charge in [-0.1, -0.05) is 31.9 Å². The molecule has 0 aliphatic heterocycles. The number of non-ortho nitro benzene ring substituents is 1. The molecule has 2 atom stereocenters. The molecule has 1 heterocycles. The Hall–Kier alpha value is -2.54. The van der Waals surface area contributed by atoms with Crippen LogP contribution in [-0.2, 0) is 0 Å². The lowest BCUT2D eigenvalue weighted by atomic mass is 9.73. The maximum Gasteiger partial charge on any atom is 0.270 e. The molecule has 7 heteroatoms. The second-order valence-corrected chi connectivity index (χ2v) is 7.29. The summed E-state index contributed by atoms with van der Waals surface area (Å²) in [5.41, 5.74) is 1.22. The number of nitro groups is 1. The molecule has 1 aromatic heterocycles. The van der Waals surface area contributed by atoms with Crippen molar-refractivity contribution in [2.24, 2.45) is 5.41 Å². The molecule has 3 rings (SSSR count). The zero-order valence-corrected chi connectivity index (χ0v) is 15.1. The monoisotopic (exact) mass is 356 g/mol. The minimum absolute atomic E-state index is 0.0138. The molecule has 2 N–H and O–H groups in total. The number of aliphatic hydroxyl groups excluding tert-OH is 1. The van der Waals surface area contributed by atoms with Crippen LogP contribution in [0.15, 0.2) is 30.3 Å². The molecule has 0 amide bonds. The predicted molar refractivity (Wildman–Crippen MR) is 99.9 cm³/mol. The highest BCUT2D eigenvalue weighted by Crippen LogP contribution is 2.36. The summed E-state index contributed by atoms with van der Waals surface area (Å²) >= 11 is 0. The zero-order chi connectivity index (χ0) is 18.7.